The summed E-state index contributed by atoms with van der Waals surface area (Å²) in [5, 5.41) is 10.3. The van der Waals surface area contributed by atoms with Crippen molar-refractivity contribution in [2.75, 3.05) is 7.11 Å². The van der Waals surface area contributed by atoms with E-state index in [1.54, 1.807) is 7.11 Å². The van der Waals surface area contributed by atoms with Crippen molar-refractivity contribution in [2.24, 2.45) is 52.3 Å². The summed E-state index contributed by atoms with van der Waals surface area (Å²) in [5.74, 6) is 4.40. The van der Waals surface area contributed by atoms with Gasteiger partial charge < -0.3 is 9.84 Å². The Morgan fingerprint density at radius 1 is 0.967 bits per heavy atom. The van der Waals surface area contributed by atoms with Crippen LogP contribution in [0.15, 0.2) is 0 Å². The third kappa shape index (κ3) is 3.65. The van der Waals surface area contributed by atoms with Gasteiger partial charge in [0.05, 0.1) is 19.1 Å². The summed E-state index contributed by atoms with van der Waals surface area (Å²) in [7, 11) is 1.58. The second-order valence-electron chi connectivity index (χ2n) is 12.4. The van der Waals surface area contributed by atoms with E-state index in [0.29, 0.717) is 22.7 Å². The molecule has 4 aliphatic rings. The molecule has 0 spiro atoms. The monoisotopic (exact) mass is 418 g/mol. The summed E-state index contributed by atoms with van der Waals surface area (Å²) in [4.78, 5) is 12.8. The van der Waals surface area contributed by atoms with Crippen molar-refractivity contribution in [3.63, 3.8) is 0 Å². The van der Waals surface area contributed by atoms with Crippen LogP contribution in [0.5, 0.6) is 0 Å². The van der Waals surface area contributed by atoms with E-state index in [-0.39, 0.29) is 18.0 Å². The number of fused-ring (bicyclic) bond motifs is 5. The van der Waals surface area contributed by atoms with Gasteiger partial charge in [-0.15, -0.1) is 0 Å². The van der Waals surface area contributed by atoms with Gasteiger partial charge in [-0.25, -0.2) is 0 Å². The lowest BCUT2D eigenvalue weighted by Gasteiger charge is -2.61. The molecule has 0 aromatic heterocycles. The number of methoxy groups -OCH3 is 1. The fourth-order valence-corrected chi connectivity index (χ4v) is 9.08. The molecule has 9 atom stereocenters. The van der Waals surface area contributed by atoms with E-state index in [4.69, 9.17) is 4.74 Å². The summed E-state index contributed by atoms with van der Waals surface area (Å²) >= 11 is 0. The average molecular weight is 419 g/mol. The Morgan fingerprint density at radius 2 is 1.67 bits per heavy atom. The van der Waals surface area contributed by atoms with Crippen LogP contribution in [0.25, 0.3) is 0 Å². The number of esters is 1. The summed E-state index contributed by atoms with van der Waals surface area (Å²) < 4.78 is 5.32. The molecule has 0 bridgehead atoms. The van der Waals surface area contributed by atoms with Crippen molar-refractivity contribution in [1.29, 1.82) is 0 Å². The van der Waals surface area contributed by atoms with Gasteiger partial charge in [0.2, 0.25) is 0 Å². The van der Waals surface area contributed by atoms with Crippen molar-refractivity contribution in [3.8, 4) is 0 Å². The van der Waals surface area contributed by atoms with E-state index in [1.807, 2.05) is 0 Å². The minimum atomic E-state index is -0.0638. The average Bonchev–Trinajstić information content (AvgIpc) is 3.05. The number of hydrogen-bond acceptors (Lipinski definition) is 3. The summed E-state index contributed by atoms with van der Waals surface area (Å²) in [6.07, 6.45) is 13.1. The van der Waals surface area contributed by atoms with E-state index >= 15 is 0 Å². The van der Waals surface area contributed by atoms with E-state index in [2.05, 4.69) is 27.7 Å². The Kier molecular flexibility index (Phi) is 6.34. The molecular formula is C27H46O3. The number of aliphatic hydroxyl groups is 1. The fraction of sp³-hybridized carbons (Fsp3) is 0.963. The summed E-state index contributed by atoms with van der Waals surface area (Å²) in [6.45, 7) is 9.63. The van der Waals surface area contributed by atoms with Crippen LogP contribution in [0.1, 0.15) is 98.3 Å². The molecule has 4 aliphatic carbocycles. The molecule has 0 aromatic carbocycles. The first kappa shape index (κ1) is 22.6. The zero-order chi connectivity index (χ0) is 21.7. The highest BCUT2D eigenvalue weighted by molar-refractivity contribution is 5.72. The van der Waals surface area contributed by atoms with Gasteiger partial charge in [0.25, 0.3) is 0 Å². The Labute approximate surface area is 184 Å². The minimum Gasteiger partial charge on any atom is -0.469 e. The van der Waals surface area contributed by atoms with Crippen LogP contribution in [0.2, 0.25) is 0 Å². The molecule has 0 aromatic rings. The number of carbonyl (C=O) groups excluding carboxylic acids is 1. The predicted molar refractivity (Wildman–Crippen MR) is 121 cm³/mol. The number of ether oxygens (including phenoxy) is 1. The first-order valence-electron chi connectivity index (χ1n) is 13.0. The van der Waals surface area contributed by atoms with Crippen molar-refractivity contribution in [3.05, 3.63) is 0 Å². The molecule has 0 amide bonds. The SMILES string of the molecule is COC(=O)C(CCC(C)C)[C@H]1CC[C@H]2[C@@H]3CCC4CC(O)CC[C@]4(C)[C@H]3CC[C@]12C. The fourth-order valence-electron chi connectivity index (χ4n) is 9.08. The minimum absolute atomic E-state index is 0.0431. The zero-order valence-corrected chi connectivity index (χ0v) is 20.2. The molecule has 4 fully saturated rings. The standard InChI is InChI=1S/C27H46O3/c1-17(2)6-8-21(25(29)30-5)23-11-10-22-20-9-7-18-16-19(28)12-14-26(18,3)24(20)13-15-27(22,23)4/h17-24,28H,6-16H2,1-5H3/t18?,19?,20-,21?,22-,23+,24-,26-,27-/m0/s1. The van der Waals surface area contributed by atoms with Gasteiger partial charge in [-0.2, -0.15) is 0 Å². The smallest absolute Gasteiger partial charge is 0.308 e. The van der Waals surface area contributed by atoms with Gasteiger partial charge in [0.15, 0.2) is 0 Å². The molecule has 4 saturated carbocycles. The number of aliphatic hydroxyl groups excluding tert-OH is 1. The van der Waals surface area contributed by atoms with Gasteiger partial charge in [0, 0.05) is 0 Å². The van der Waals surface area contributed by atoms with Gasteiger partial charge in [-0.1, -0.05) is 34.1 Å². The van der Waals surface area contributed by atoms with Crippen LogP contribution in [0, 0.1) is 52.3 Å². The molecule has 30 heavy (non-hydrogen) atoms. The highest BCUT2D eigenvalue weighted by atomic mass is 16.5. The maximum atomic E-state index is 12.8. The van der Waals surface area contributed by atoms with Crippen LogP contribution in [-0.4, -0.2) is 24.3 Å². The van der Waals surface area contributed by atoms with Crippen molar-refractivity contribution in [1.82, 2.24) is 0 Å². The lowest BCUT2D eigenvalue weighted by molar-refractivity contribution is -0.154. The Balaban J connectivity index is 1.55. The Morgan fingerprint density at radius 3 is 2.37 bits per heavy atom. The van der Waals surface area contributed by atoms with Crippen LogP contribution in [-0.2, 0) is 9.53 Å². The molecule has 3 heteroatoms. The Bertz CT molecular complexity index is 630. The van der Waals surface area contributed by atoms with Crippen LogP contribution >= 0.6 is 0 Å². The van der Waals surface area contributed by atoms with E-state index in [0.717, 1.165) is 49.4 Å². The topological polar surface area (TPSA) is 46.5 Å². The quantitative estimate of drug-likeness (QED) is 0.538. The summed E-state index contributed by atoms with van der Waals surface area (Å²) in [5.41, 5.74) is 0.731. The van der Waals surface area contributed by atoms with Crippen LogP contribution in [0.3, 0.4) is 0 Å². The largest absolute Gasteiger partial charge is 0.469 e. The molecule has 0 radical (unpaired) electrons. The first-order valence-corrected chi connectivity index (χ1v) is 13.0. The second kappa shape index (κ2) is 8.41. The molecular weight excluding hydrogens is 372 g/mol. The zero-order valence-electron chi connectivity index (χ0n) is 20.2. The van der Waals surface area contributed by atoms with Gasteiger partial charge in [-0.3, -0.25) is 4.79 Å². The predicted octanol–water partition coefficient (Wildman–Crippen LogP) is 6.23. The molecule has 3 nitrogen and oxygen atoms in total. The van der Waals surface area contributed by atoms with Gasteiger partial charge in [-0.05, 0) is 111 Å². The van der Waals surface area contributed by atoms with Crippen LogP contribution < -0.4 is 0 Å². The van der Waals surface area contributed by atoms with Gasteiger partial charge >= 0.3 is 5.97 Å². The summed E-state index contributed by atoms with van der Waals surface area (Å²) in [6, 6.07) is 0. The van der Waals surface area contributed by atoms with Crippen molar-refractivity contribution < 1.29 is 14.6 Å². The lowest BCUT2D eigenvalue weighted by atomic mass is 9.44. The molecule has 1 N–H and O–H groups in total. The highest BCUT2D eigenvalue weighted by Gasteiger charge is 2.61. The van der Waals surface area contributed by atoms with E-state index in [1.165, 1.54) is 44.9 Å². The third-order valence-electron chi connectivity index (χ3n) is 10.8. The Hall–Kier alpha value is -0.570. The van der Waals surface area contributed by atoms with Gasteiger partial charge in [0.1, 0.15) is 0 Å². The molecule has 0 aliphatic heterocycles. The normalized spacial score (nSPS) is 46.6. The molecule has 0 saturated heterocycles. The number of rotatable bonds is 5. The maximum absolute atomic E-state index is 12.8. The van der Waals surface area contributed by atoms with E-state index in [9.17, 15) is 9.90 Å². The van der Waals surface area contributed by atoms with E-state index < -0.39 is 0 Å². The molecule has 4 rings (SSSR count). The third-order valence-corrected chi connectivity index (χ3v) is 10.8. The lowest BCUT2D eigenvalue weighted by Crippen LogP contribution is -2.54. The van der Waals surface area contributed by atoms with Crippen LogP contribution in [0.4, 0.5) is 0 Å². The first-order chi connectivity index (χ1) is 14.2. The molecule has 0 heterocycles. The van der Waals surface area contributed by atoms with Crippen molar-refractivity contribution in [2.45, 2.75) is 104 Å². The number of hydrogen-bond donors (Lipinski definition) is 1. The highest BCUT2D eigenvalue weighted by Crippen LogP contribution is 2.68. The molecule has 172 valence electrons. The molecule has 3 unspecified atom stereocenters. The number of carbonyl (C=O) groups is 1. The second-order valence-corrected chi connectivity index (χ2v) is 12.4. The maximum Gasteiger partial charge on any atom is 0.308 e. The van der Waals surface area contributed by atoms with Crippen molar-refractivity contribution >= 4 is 5.97 Å².